The van der Waals surface area contributed by atoms with Crippen LogP contribution in [0.25, 0.3) is 11.0 Å². The Bertz CT molecular complexity index is 1100. The molecule has 1 atom stereocenters. The number of hydrogen-bond donors (Lipinski definition) is 3. The summed E-state index contributed by atoms with van der Waals surface area (Å²) in [5.74, 6) is -1.44. The van der Waals surface area contributed by atoms with Crippen molar-refractivity contribution in [1.29, 1.82) is 0 Å². The summed E-state index contributed by atoms with van der Waals surface area (Å²) in [6, 6.07) is 4.94. The second-order valence-corrected chi connectivity index (χ2v) is 8.65. The summed E-state index contributed by atoms with van der Waals surface area (Å²) in [4.78, 5) is 37.2. The first-order valence-electron chi connectivity index (χ1n) is 10.3. The van der Waals surface area contributed by atoms with Crippen LogP contribution in [0.3, 0.4) is 0 Å². The fraction of sp³-hybridized carbons (Fsp3) is 0.455. The van der Waals surface area contributed by atoms with Gasteiger partial charge in [0.2, 0.25) is 0 Å². The van der Waals surface area contributed by atoms with Crippen molar-refractivity contribution in [3.63, 3.8) is 0 Å². The molecule has 9 nitrogen and oxygen atoms in total. The van der Waals surface area contributed by atoms with Crippen molar-refractivity contribution < 1.29 is 29.1 Å². The molecule has 164 valence electrons. The standard InChI is InChI=1S/C22H25N3O6/c1-22(2)20(28)25(21(29)23-22)9-8-13(19(26)27)10-16(24-30)12-6-7-15-14-4-3-5-17(14)31-18(15)11-12/h6-7,11,13,30H,3-5,8-10H2,1-2H3,(H,23,29)(H,26,27)/t13-/m1/s1. The minimum absolute atomic E-state index is 0.0340. The zero-order valence-corrected chi connectivity index (χ0v) is 17.5. The molecule has 2 aromatic rings. The number of benzene rings is 1. The average molecular weight is 427 g/mol. The quantitative estimate of drug-likeness (QED) is 0.269. The second kappa shape index (κ2) is 7.72. The molecule has 9 heteroatoms. The van der Waals surface area contributed by atoms with Crippen LogP contribution in [0.2, 0.25) is 0 Å². The Morgan fingerprint density at radius 3 is 2.74 bits per heavy atom. The molecule has 2 aliphatic rings. The van der Waals surface area contributed by atoms with Gasteiger partial charge in [0, 0.05) is 35.9 Å². The van der Waals surface area contributed by atoms with E-state index in [1.165, 1.54) is 5.56 Å². The number of nitrogens with one attached hydrogen (secondary N) is 1. The van der Waals surface area contributed by atoms with Gasteiger partial charge in [0.1, 0.15) is 16.9 Å². The predicted molar refractivity (Wildman–Crippen MR) is 111 cm³/mol. The van der Waals surface area contributed by atoms with Crippen LogP contribution in [0.4, 0.5) is 4.79 Å². The summed E-state index contributed by atoms with van der Waals surface area (Å²) >= 11 is 0. The molecule has 0 radical (unpaired) electrons. The van der Waals surface area contributed by atoms with E-state index in [4.69, 9.17) is 4.42 Å². The van der Waals surface area contributed by atoms with E-state index in [0.717, 1.165) is 35.3 Å². The summed E-state index contributed by atoms with van der Waals surface area (Å²) in [5, 5.41) is 26.2. The van der Waals surface area contributed by atoms with Gasteiger partial charge in [0.15, 0.2) is 0 Å². The Labute approximate surface area is 178 Å². The maximum absolute atomic E-state index is 12.3. The van der Waals surface area contributed by atoms with Gasteiger partial charge in [-0.15, -0.1) is 0 Å². The van der Waals surface area contributed by atoms with Gasteiger partial charge in [-0.25, -0.2) is 4.79 Å². The van der Waals surface area contributed by atoms with Crippen molar-refractivity contribution in [2.24, 2.45) is 11.1 Å². The molecule has 1 saturated heterocycles. The van der Waals surface area contributed by atoms with Crippen molar-refractivity contribution in [3.8, 4) is 0 Å². The van der Waals surface area contributed by atoms with Crippen molar-refractivity contribution in [1.82, 2.24) is 10.2 Å². The number of nitrogens with zero attached hydrogens (tertiary/aromatic N) is 2. The van der Waals surface area contributed by atoms with Crippen LogP contribution in [-0.2, 0) is 22.4 Å². The summed E-state index contributed by atoms with van der Waals surface area (Å²) < 4.78 is 5.91. The van der Waals surface area contributed by atoms with Crippen LogP contribution in [-0.4, -0.2) is 50.9 Å². The molecule has 1 aliphatic carbocycles. The highest BCUT2D eigenvalue weighted by atomic mass is 16.4. The van der Waals surface area contributed by atoms with Crippen LogP contribution >= 0.6 is 0 Å². The molecule has 3 amide bonds. The van der Waals surface area contributed by atoms with Gasteiger partial charge < -0.3 is 20.0 Å². The first-order valence-corrected chi connectivity index (χ1v) is 10.3. The summed E-state index contributed by atoms with van der Waals surface area (Å²) in [7, 11) is 0. The van der Waals surface area contributed by atoms with E-state index < -0.39 is 29.4 Å². The van der Waals surface area contributed by atoms with E-state index >= 15 is 0 Å². The van der Waals surface area contributed by atoms with Crippen molar-refractivity contribution in [2.75, 3.05) is 6.54 Å². The molecule has 4 rings (SSSR count). The molecule has 1 aliphatic heterocycles. The Hall–Kier alpha value is -3.36. The van der Waals surface area contributed by atoms with Crippen LogP contribution in [0.5, 0.6) is 0 Å². The fourth-order valence-electron chi connectivity index (χ4n) is 4.35. The Kier molecular flexibility index (Phi) is 5.20. The van der Waals surface area contributed by atoms with E-state index in [2.05, 4.69) is 10.5 Å². The zero-order valence-electron chi connectivity index (χ0n) is 17.5. The molecular weight excluding hydrogens is 402 g/mol. The molecule has 1 aromatic carbocycles. The Morgan fingerprint density at radius 2 is 2.10 bits per heavy atom. The maximum Gasteiger partial charge on any atom is 0.325 e. The van der Waals surface area contributed by atoms with Crippen molar-refractivity contribution >= 4 is 34.6 Å². The van der Waals surface area contributed by atoms with Crippen molar-refractivity contribution in [3.05, 3.63) is 35.1 Å². The summed E-state index contributed by atoms with van der Waals surface area (Å²) in [5.41, 5.74) is 1.68. The third-order valence-electron chi connectivity index (χ3n) is 6.10. The largest absolute Gasteiger partial charge is 0.481 e. The second-order valence-electron chi connectivity index (χ2n) is 8.65. The highest BCUT2D eigenvalue weighted by Gasteiger charge is 2.44. The molecule has 0 unspecified atom stereocenters. The number of carbonyl (C=O) groups excluding carboxylic acids is 2. The number of carbonyl (C=O) groups is 3. The van der Waals surface area contributed by atoms with Gasteiger partial charge in [0.05, 0.1) is 11.6 Å². The van der Waals surface area contributed by atoms with Gasteiger partial charge in [-0.1, -0.05) is 17.3 Å². The minimum Gasteiger partial charge on any atom is -0.481 e. The number of hydrogen-bond acceptors (Lipinski definition) is 6. The van der Waals surface area contributed by atoms with Gasteiger partial charge in [-0.3, -0.25) is 14.5 Å². The Morgan fingerprint density at radius 1 is 1.32 bits per heavy atom. The van der Waals surface area contributed by atoms with Crippen molar-refractivity contribution in [2.45, 2.75) is 51.5 Å². The number of fused-ring (bicyclic) bond motifs is 3. The van der Waals surface area contributed by atoms with E-state index in [-0.39, 0.29) is 25.1 Å². The van der Waals surface area contributed by atoms with Crippen LogP contribution < -0.4 is 5.32 Å². The third kappa shape index (κ3) is 3.75. The highest BCUT2D eigenvalue weighted by Crippen LogP contribution is 2.33. The first kappa shape index (κ1) is 20.9. The number of aliphatic carboxylic acids is 1. The molecule has 0 spiro atoms. The monoisotopic (exact) mass is 427 g/mol. The average Bonchev–Trinajstić information content (AvgIpc) is 3.34. The summed E-state index contributed by atoms with van der Waals surface area (Å²) in [6.07, 6.45) is 2.94. The number of imide groups is 1. The molecule has 0 saturated carbocycles. The van der Waals surface area contributed by atoms with Crippen LogP contribution in [0.1, 0.15) is 50.0 Å². The smallest absolute Gasteiger partial charge is 0.325 e. The Balaban J connectivity index is 1.49. The van der Waals surface area contributed by atoms with Gasteiger partial charge >= 0.3 is 12.0 Å². The number of amides is 3. The number of carboxylic acids is 1. The number of aryl methyl sites for hydroxylation is 2. The SMILES string of the molecule is CC1(C)NC(=O)N(CC[C@H](CC(=NO)c2ccc3c4c(oc3c2)CCC4)C(=O)O)C1=O. The number of oxime groups is 1. The molecule has 1 fully saturated rings. The molecule has 31 heavy (non-hydrogen) atoms. The fourth-order valence-corrected chi connectivity index (χ4v) is 4.35. The number of rotatable bonds is 7. The third-order valence-corrected chi connectivity index (χ3v) is 6.10. The van der Waals surface area contributed by atoms with Gasteiger partial charge in [-0.2, -0.15) is 0 Å². The zero-order chi connectivity index (χ0) is 22.3. The maximum atomic E-state index is 12.3. The van der Waals surface area contributed by atoms with E-state index in [0.29, 0.717) is 11.1 Å². The highest BCUT2D eigenvalue weighted by molar-refractivity contribution is 6.06. The van der Waals surface area contributed by atoms with Gasteiger partial charge in [-0.05, 0) is 39.2 Å². The van der Waals surface area contributed by atoms with E-state index in [9.17, 15) is 24.7 Å². The number of furan rings is 1. The topological polar surface area (TPSA) is 132 Å². The van der Waals surface area contributed by atoms with E-state index in [1.54, 1.807) is 26.0 Å². The number of carboxylic acid groups (broad SMARTS) is 1. The lowest BCUT2D eigenvalue weighted by Gasteiger charge is -2.18. The lowest BCUT2D eigenvalue weighted by atomic mass is 9.94. The number of urea groups is 1. The molecule has 2 heterocycles. The first-order chi connectivity index (χ1) is 14.7. The normalized spacial score (nSPS) is 19.0. The minimum atomic E-state index is -1.09. The molecule has 1 aromatic heterocycles. The van der Waals surface area contributed by atoms with E-state index in [1.807, 2.05) is 6.07 Å². The van der Waals surface area contributed by atoms with Gasteiger partial charge in [0.25, 0.3) is 5.91 Å². The lowest BCUT2D eigenvalue weighted by Crippen LogP contribution is -2.40. The molecule has 0 bridgehead atoms. The lowest BCUT2D eigenvalue weighted by molar-refractivity contribution is -0.142. The molecule has 3 N–H and O–H groups in total. The summed E-state index contributed by atoms with van der Waals surface area (Å²) in [6.45, 7) is 3.16. The van der Waals surface area contributed by atoms with Crippen LogP contribution in [0, 0.1) is 5.92 Å². The predicted octanol–water partition coefficient (Wildman–Crippen LogP) is 2.91. The molecular formula is C22H25N3O6. The van der Waals surface area contributed by atoms with Crippen LogP contribution in [0.15, 0.2) is 27.8 Å².